The lowest BCUT2D eigenvalue weighted by molar-refractivity contribution is 0.104. The molecule has 3 rings (SSSR count). The third-order valence-electron chi connectivity index (χ3n) is 4.07. The quantitative estimate of drug-likeness (QED) is 0.267. The lowest BCUT2D eigenvalue weighted by atomic mass is 10.1. The normalized spacial score (nSPS) is 10.8. The zero-order valence-electron chi connectivity index (χ0n) is 15.2. The van der Waals surface area contributed by atoms with E-state index in [1.165, 1.54) is 0 Å². The van der Waals surface area contributed by atoms with E-state index in [1.54, 1.807) is 43.5 Å². The highest BCUT2D eigenvalue weighted by molar-refractivity contribution is 9.10. The smallest absolute Gasteiger partial charge is 0.185 e. The summed E-state index contributed by atoms with van der Waals surface area (Å²) in [6.45, 7) is 0.483. The van der Waals surface area contributed by atoms with Crippen LogP contribution in [-0.2, 0) is 6.61 Å². The summed E-state index contributed by atoms with van der Waals surface area (Å²) in [5.74, 6) is 1.42. The van der Waals surface area contributed by atoms with Crippen LogP contribution in [0.1, 0.15) is 21.5 Å². The van der Waals surface area contributed by atoms with E-state index in [0.717, 1.165) is 31.6 Å². The Morgan fingerprint density at radius 2 is 1.68 bits per heavy atom. The Bertz CT molecular complexity index is 978. The Morgan fingerprint density at radius 1 is 0.964 bits per heavy atom. The standard InChI is InChI=1S/C23H18Br2O3/c1-27-20-10-6-18(7-11-20)22(26)12-4-16-5-13-23(21(25)14-16)28-15-17-2-8-19(24)9-3-17/h2-14H,15H2,1H3/b12-4+. The van der Waals surface area contributed by atoms with Crippen molar-refractivity contribution in [2.75, 3.05) is 7.11 Å². The molecule has 0 aliphatic heterocycles. The van der Waals surface area contributed by atoms with Crippen molar-refractivity contribution >= 4 is 43.7 Å². The first-order valence-corrected chi connectivity index (χ1v) is 10.2. The number of allylic oxidation sites excluding steroid dienone is 1. The van der Waals surface area contributed by atoms with Gasteiger partial charge in [-0.1, -0.05) is 40.2 Å². The molecular weight excluding hydrogens is 484 g/mol. The molecule has 0 fully saturated rings. The van der Waals surface area contributed by atoms with E-state index in [1.807, 2.05) is 42.5 Å². The molecule has 0 spiro atoms. The van der Waals surface area contributed by atoms with E-state index in [-0.39, 0.29) is 5.78 Å². The number of benzene rings is 3. The molecule has 0 radical (unpaired) electrons. The Hall–Kier alpha value is -2.37. The van der Waals surface area contributed by atoms with Crippen LogP contribution in [0.4, 0.5) is 0 Å². The van der Waals surface area contributed by atoms with E-state index in [4.69, 9.17) is 9.47 Å². The molecule has 0 saturated carbocycles. The molecule has 5 heteroatoms. The second kappa shape index (κ2) is 9.71. The number of hydrogen-bond acceptors (Lipinski definition) is 3. The summed E-state index contributed by atoms with van der Waals surface area (Å²) in [4.78, 5) is 12.3. The molecule has 0 aromatic heterocycles. The zero-order valence-corrected chi connectivity index (χ0v) is 18.4. The molecule has 0 N–H and O–H groups in total. The van der Waals surface area contributed by atoms with Gasteiger partial charge in [0.25, 0.3) is 0 Å². The van der Waals surface area contributed by atoms with Gasteiger partial charge in [0.15, 0.2) is 5.78 Å². The van der Waals surface area contributed by atoms with Gasteiger partial charge in [-0.25, -0.2) is 0 Å². The van der Waals surface area contributed by atoms with Gasteiger partial charge in [-0.05, 0) is 81.7 Å². The predicted molar refractivity (Wildman–Crippen MR) is 119 cm³/mol. The molecule has 0 amide bonds. The number of carbonyl (C=O) groups excluding carboxylic acids is 1. The predicted octanol–water partition coefficient (Wildman–Crippen LogP) is 6.70. The Kier molecular flexibility index (Phi) is 7.06. The van der Waals surface area contributed by atoms with Gasteiger partial charge in [-0.2, -0.15) is 0 Å². The van der Waals surface area contributed by atoms with Crippen molar-refractivity contribution in [2.45, 2.75) is 6.61 Å². The minimum Gasteiger partial charge on any atom is -0.497 e. The summed E-state index contributed by atoms with van der Waals surface area (Å²) in [6.07, 6.45) is 3.35. The van der Waals surface area contributed by atoms with Gasteiger partial charge < -0.3 is 9.47 Å². The third-order valence-corrected chi connectivity index (χ3v) is 5.21. The highest BCUT2D eigenvalue weighted by Gasteiger charge is 2.05. The molecular formula is C23H18Br2O3. The largest absolute Gasteiger partial charge is 0.497 e. The summed E-state index contributed by atoms with van der Waals surface area (Å²) in [5.41, 5.74) is 2.61. The summed E-state index contributed by atoms with van der Waals surface area (Å²) in [6, 6.07) is 20.8. The summed E-state index contributed by atoms with van der Waals surface area (Å²) < 4.78 is 12.9. The molecule has 142 valence electrons. The summed E-state index contributed by atoms with van der Waals surface area (Å²) >= 11 is 6.96. The van der Waals surface area contributed by atoms with Crippen LogP contribution < -0.4 is 9.47 Å². The molecule has 0 unspecified atom stereocenters. The van der Waals surface area contributed by atoms with Crippen LogP contribution >= 0.6 is 31.9 Å². The van der Waals surface area contributed by atoms with Gasteiger partial charge in [-0.3, -0.25) is 4.79 Å². The fourth-order valence-electron chi connectivity index (χ4n) is 2.50. The highest BCUT2D eigenvalue weighted by Crippen LogP contribution is 2.27. The zero-order chi connectivity index (χ0) is 19.9. The lowest BCUT2D eigenvalue weighted by Crippen LogP contribution is -1.96. The second-order valence-electron chi connectivity index (χ2n) is 6.03. The van der Waals surface area contributed by atoms with Crippen molar-refractivity contribution in [1.82, 2.24) is 0 Å². The van der Waals surface area contributed by atoms with Gasteiger partial charge in [0.1, 0.15) is 18.1 Å². The number of halogens is 2. The van der Waals surface area contributed by atoms with Crippen LogP contribution in [0.2, 0.25) is 0 Å². The number of hydrogen-bond donors (Lipinski definition) is 0. The summed E-state index contributed by atoms with van der Waals surface area (Å²) in [5, 5.41) is 0. The van der Waals surface area contributed by atoms with Gasteiger partial charge in [-0.15, -0.1) is 0 Å². The molecule has 0 saturated heterocycles. The van der Waals surface area contributed by atoms with Crippen molar-refractivity contribution in [3.8, 4) is 11.5 Å². The maximum atomic E-state index is 12.3. The van der Waals surface area contributed by atoms with E-state index < -0.39 is 0 Å². The Labute approximate surface area is 181 Å². The van der Waals surface area contributed by atoms with Crippen molar-refractivity contribution < 1.29 is 14.3 Å². The molecule has 0 atom stereocenters. The van der Waals surface area contributed by atoms with Crippen molar-refractivity contribution in [3.63, 3.8) is 0 Å². The third kappa shape index (κ3) is 5.57. The second-order valence-corrected chi connectivity index (χ2v) is 7.80. The van der Waals surface area contributed by atoms with Gasteiger partial charge in [0.05, 0.1) is 11.6 Å². The maximum absolute atomic E-state index is 12.3. The van der Waals surface area contributed by atoms with Crippen LogP contribution in [0.5, 0.6) is 11.5 Å². The molecule has 0 bridgehead atoms. The van der Waals surface area contributed by atoms with E-state index in [0.29, 0.717) is 12.2 Å². The van der Waals surface area contributed by atoms with Crippen LogP contribution in [0.25, 0.3) is 6.08 Å². The van der Waals surface area contributed by atoms with Crippen molar-refractivity contribution in [3.05, 3.63) is 98.4 Å². The first-order chi connectivity index (χ1) is 13.5. The van der Waals surface area contributed by atoms with Crippen LogP contribution in [0.15, 0.2) is 81.8 Å². The first-order valence-electron chi connectivity index (χ1n) is 8.58. The lowest BCUT2D eigenvalue weighted by Gasteiger charge is -2.09. The average Bonchev–Trinajstić information content (AvgIpc) is 2.72. The fraction of sp³-hybridized carbons (Fsp3) is 0.0870. The molecule has 3 nitrogen and oxygen atoms in total. The Morgan fingerprint density at radius 3 is 2.32 bits per heavy atom. The topological polar surface area (TPSA) is 35.5 Å². The maximum Gasteiger partial charge on any atom is 0.185 e. The fourth-order valence-corrected chi connectivity index (χ4v) is 3.28. The van der Waals surface area contributed by atoms with E-state index in [2.05, 4.69) is 31.9 Å². The molecule has 3 aromatic rings. The van der Waals surface area contributed by atoms with Gasteiger partial charge >= 0.3 is 0 Å². The number of ether oxygens (including phenoxy) is 2. The number of rotatable bonds is 7. The number of carbonyl (C=O) groups is 1. The molecule has 28 heavy (non-hydrogen) atoms. The molecule has 0 heterocycles. The molecule has 3 aromatic carbocycles. The average molecular weight is 502 g/mol. The van der Waals surface area contributed by atoms with E-state index in [9.17, 15) is 4.79 Å². The monoisotopic (exact) mass is 500 g/mol. The SMILES string of the molecule is COc1ccc(C(=O)/C=C/c2ccc(OCc3ccc(Br)cc3)c(Br)c2)cc1. The molecule has 0 aliphatic rings. The van der Waals surface area contributed by atoms with Crippen molar-refractivity contribution in [2.24, 2.45) is 0 Å². The van der Waals surface area contributed by atoms with Crippen LogP contribution in [-0.4, -0.2) is 12.9 Å². The van der Waals surface area contributed by atoms with Gasteiger partial charge in [0, 0.05) is 10.0 Å². The van der Waals surface area contributed by atoms with E-state index >= 15 is 0 Å². The first kappa shape index (κ1) is 20.4. The van der Waals surface area contributed by atoms with Gasteiger partial charge in [0.2, 0.25) is 0 Å². The highest BCUT2D eigenvalue weighted by atomic mass is 79.9. The van der Waals surface area contributed by atoms with Crippen LogP contribution in [0.3, 0.4) is 0 Å². The molecule has 0 aliphatic carbocycles. The summed E-state index contributed by atoms with van der Waals surface area (Å²) in [7, 11) is 1.60. The number of ketones is 1. The number of methoxy groups -OCH3 is 1. The van der Waals surface area contributed by atoms with Crippen molar-refractivity contribution in [1.29, 1.82) is 0 Å². The minimum atomic E-state index is -0.0608. The Balaban J connectivity index is 1.63. The minimum absolute atomic E-state index is 0.0608. The van der Waals surface area contributed by atoms with Crippen LogP contribution in [0, 0.1) is 0 Å².